The van der Waals surface area contributed by atoms with E-state index in [0.29, 0.717) is 12.5 Å². The van der Waals surface area contributed by atoms with Gasteiger partial charge in [0.25, 0.3) is 0 Å². The maximum atomic E-state index is 5.97. The number of nitrogens with zero attached hydrogens (tertiary/aromatic N) is 1. The lowest BCUT2D eigenvalue weighted by molar-refractivity contribution is 0.476. The largest absolute Gasteiger partial charge is 0.457 e. The maximum Gasteiger partial charge on any atom is 0.189 e. The number of nitrogens with one attached hydrogen (secondary N) is 1. The summed E-state index contributed by atoms with van der Waals surface area (Å²) >= 11 is 0. The summed E-state index contributed by atoms with van der Waals surface area (Å²) in [5.41, 5.74) is 8.01. The zero-order chi connectivity index (χ0) is 15.9. The van der Waals surface area contributed by atoms with E-state index < -0.39 is 0 Å². The maximum absolute atomic E-state index is 5.97. The fourth-order valence-corrected chi connectivity index (χ4v) is 2.05. The van der Waals surface area contributed by atoms with Crippen LogP contribution in [0.2, 0.25) is 0 Å². The van der Waals surface area contributed by atoms with Crippen molar-refractivity contribution in [1.29, 1.82) is 0 Å². The topological polar surface area (TPSA) is 59.6 Å². The molecule has 0 saturated carbocycles. The third-order valence-electron chi connectivity index (χ3n) is 3.05. The molecule has 0 aliphatic heterocycles. The number of ether oxygens (including phenoxy) is 1. The van der Waals surface area contributed by atoms with Crippen LogP contribution in [-0.4, -0.2) is 12.0 Å². The van der Waals surface area contributed by atoms with Crippen molar-refractivity contribution in [3.8, 4) is 11.5 Å². The van der Waals surface area contributed by atoms with E-state index in [9.17, 15) is 0 Å². The van der Waals surface area contributed by atoms with Crippen LogP contribution in [-0.2, 0) is 6.54 Å². The van der Waals surface area contributed by atoms with Gasteiger partial charge in [-0.25, -0.2) is 4.99 Å². The molecule has 0 unspecified atom stereocenters. The van der Waals surface area contributed by atoms with Crippen LogP contribution in [0.5, 0.6) is 11.5 Å². The molecule has 0 bridgehead atoms. The van der Waals surface area contributed by atoms with Gasteiger partial charge >= 0.3 is 0 Å². The van der Waals surface area contributed by atoms with Gasteiger partial charge < -0.3 is 15.8 Å². The number of benzene rings is 2. The smallest absolute Gasteiger partial charge is 0.189 e. The summed E-state index contributed by atoms with van der Waals surface area (Å²) in [5, 5.41) is 3.08. The number of hydrogen-bond acceptors (Lipinski definition) is 2. The van der Waals surface area contributed by atoms with E-state index in [1.165, 1.54) is 5.56 Å². The lowest BCUT2D eigenvalue weighted by Gasteiger charge is -2.11. The van der Waals surface area contributed by atoms with E-state index in [4.69, 9.17) is 10.5 Å². The predicted molar refractivity (Wildman–Crippen MR) is 107 cm³/mol. The van der Waals surface area contributed by atoms with Gasteiger partial charge in [-0.3, -0.25) is 0 Å². The van der Waals surface area contributed by atoms with Gasteiger partial charge in [-0.2, -0.15) is 0 Å². The van der Waals surface area contributed by atoms with E-state index >= 15 is 0 Å². The molecule has 23 heavy (non-hydrogen) atoms. The van der Waals surface area contributed by atoms with Gasteiger partial charge in [0, 0.05) is 11.6 Å². The zero-order valence-corrected chi connectivity index (χ0v) is 16.1. The number of guanidine groups is 1. The van der Waals surface area contributed by atoms with E-state index in [-0.39, 0.29) is 30.0 Å². The summed E-state index contributed by atoms with van der Waals surface area (Å²) in [5.74, 6) is 2.07. The summed E-state index contributed by atoms with van der Waals surface area (Å²) in [6.07, 6.45) is 0. The summed E-state index contributed by atoms with van der Waals surface area (Å²) in [6, 6.07) is 16.1. The highest BCUT2D eigenvalue weighted by Gasteiger charge is 2.05. The number of aliphatic imine (C=N–C) groups is 1. The van der Waals surface area contributed by atoms with Gasteiger partial charge in [0.15, 0.2) is 5.96 Å². The minimum Gasteiger partial charge on any atom is -0.457 e. The van der Waals surface area contributed by atoms with Gasteiger partial charge in [-0.1, -0.05) is 30.3 Å². The molecule has 5 heteroatoms. The molecule has 0 radical (unpaired) electrons. The number of para-hydroxylation sites is 1. The summed E-state index contributed by atoms with van der Waals surface area (Å²) < 4.78 is 5.97. The molecule has 0 heterocycles. The first-order chi connectivity index (χ1) is 10.5. The molecule has 2 rings (SSSR count). The monoisotopic (exact) mass is 425 g/mol. The molecular weight excluding hydrogens is 401 g/mol. The standard InChI is InChI=1S/C18H23N3O.HI/c1-13(2)21-18(19)20-12-15-8-4-5-10-17(15)22-16-9-6-7-14(3)11-16;/h4-11,13H,12H2,1-3H3,(H3,19,20,21);1H. The number of halogens is 1. The second kappa shape index (κ2) is 9.39. The van der Waals surface area contributed by atoms with Crippen molar-refractivity contribution < 1.29 is 4.74 Å². The SMILES string of the molecule is Cc1cccc(Oc2ccccc2CN=C(N)NC(C)C)c1.I. The molecular formula is C18H24IN3O. The Bertz CT molecular complexity index is 656. The van der Waals surface area contributed by atoms with Crippen LogP contribution in [0.15, 0.2) is 53.5 Å². The van der Waals surface area contributed by atoms with Crippen molar-refractivity contribution in [3.05, 3.63) is 59.7 Å². The molecule has 124 valence electrons. The van der Waals surface area contributed by atoms with Gasteiger partial charge in [-0.05, 0) is 44.5 Å². The van der Waals surface area contributed by atoms with Crippen LogP contribution in [0.4, 0.5) is 0 Å². The average molecular weight is 425 g/mol. The molecule has 0 spiro atoms. The molecule has 2 aromatic carbocycles. The minimum absolute atomic E-state index is 0. The first-order valence-electron chi connectivity index (χ1n) is 7.43. The van der Waals surface area contributed by atoms with Crippen molar-refractivity contribution in [2.24, 2.45) is 10.7 Å². The predicted octanol–water partition coefficient (Wildman–Crippen LogP) is 4.22. The van der Waals surface area contributed by atoms with Crippen molar-refractivity contribution >= 4 is 29.9 Å². The average Bonchev–Trinajstić information content (AvgIpc) is 2.46. The Labute approximate surface area is 155 Å². The number of nitrogens with two attached hydrogens (primary N) is 1. The molecule has 0 amide bonds. The number of hydrogen-bond donors (Lipinski definition) is 2. The van der Waals surface area contributed by atoms with Crippen LogP contribution >= 0.6 is 24.0 Å². The lowest BCUT2D eigenvalue weighted by Crippen LogP contribution is -2.36. The number of aryl methyl sites for hydroxylation is 1. The second-order valence-electron chi connectivity index (χ2n) is 5.53. The van der Waals surface area contributed by atoms with Crippen LogP contribution in [0.25, 0.3) is 0 Å². The summed E-state index contributed by atoms with van der Waals surface area (Å²) in [4.78, 5) is 4.36. The molecule has 3 N–H and O–H groups in total. The van der Waals surface area contributed by atoms with Crippen molar-refractivity contribution in [3.63, 3.8) is 0 Å². The van der Waals surface area contributed by atoms with Gasteiger partial charge in [0.05, 0.1) is 6.54 Å². The Balaban J connectivity index is 0.00000264. The van der Waals surface area contributed by atoms with E-state index in [1.807, 2.05) is 69.3 Å². The highest BCUT2D eigenvalue weighted by molar-refractivity contribution is 14.0. The van der Waals surface area contributed by atoms with Crippen LogP contribution in [0.3, 0.4) is 0 Å². The Hall–Kier alpha value is -1.76. The van der Waals surface area contributed by atoms with Crippen molar-refractivity contribution in [1.82, 2.24) is 5.32 Å². The first-order valence-corrected chi connectivity index (χ1v) is 7.43. The Morgan fingerprint density at radius 1 is 1.17 bits per heavy atom. The molecule has 0 aromatic heterocycles. The van der Waals surface area contributed by atoms with E-state index in [0.717, 1.165) is 17.1 Å². The Morgan fingerprint density at radius 2 is 1.91 bits per heavy atom. The third-order valence-corrected chi connectivity index (χ3v) is 3.05. The molecule has 0 aliphatic rings. The zero-order valence-electron chi connectivity index (χ0n) is 13.7. The summed E-state index contributed by atoms with van der Waals surface area (Å²) in [7, 11) is 0. The van der Waals surface area contributed by atoms with Crippen molar-refractivity contribution in [2.45, 2.75) is 33.4 Å². The molecule has 0 atom stereocenters. The van der Waals surface area contributed by atoms with Gasteiger partial charge in [-0.15, -0.1) is 24.0 Å². The fraction of sp³-hybridized carbons (Fsp3) is 0.278. The van der Waals surface area contributed by atoms with Crippen LogP contribution < -0.4 is 15.8 Å². The minimum atomic E-state index is 0. The normalized spacial score (nSPS) is 11.0. The quantitative estimate of drug-likeness (QED) is 0.429. The van der Waals surface area contributed by atoms with Crippen molar-refractivity contribution in [2.75, 3.05) is 0 Å². The molecule has 0 fully saturated rings. The fourth-order valence-electron chi connectivity index (χ4n) is 2.05. The first kappa shape index (κ1) is 19.3. The van der Waals surface area contributed by atoms with E-state index in [2.05, 4.69) is 10.3 Å². The molecule has 4 nitrogen and oxygen atoms in total. The van der Waals surface area contributed by atoms with E-state index in [1.54, 1.807) is 0 Å². The highest BCUT2D eigenvalue weighted by Crippen LogP contribution is 2.26. The second-order valence-corrected chi connectivity index (χ2v) is 5.53. The molecule has 0 saturated heterocycles. The van der Waals surface area contributed by atoms with Gasteiger partial charge in [0.2, 0.25) is 0 Å². The highest BCUT2D eigenvalue weighted by atomic mass is 127. The number of rotatable bonds is 5. The van der Waals surface area contributed by atoms with Gasteiger partial charge in [0.1, 0.15) is 11.5 Å². The lowest BCUT2D eigenvalue weighted by atomic mass is 10.2. The molecule has 0 aliphatic carbocycles. The van der Waals surface area contributed by atoms with Crippen LogP contribution in [0.1, 0.15) is 25.0 Å². The molecule has 2 aromatic rings. The third kappa shape index (κ3) is 6.48. The van der Waals surface area contributed by atoms with Crippen LogP contribution in [0, 0.1) is 6.92 Å². The Kier molecular flexibility index (Phi) is 7.88. The Morgan fingerprint density at radius 3 is 2.61 bits per heavy atom. The summed E-state index contributed by atoms with van der Waals surface area (Å²) in [6.45, 7) is 6.57.